The second-order valence-electron chi connectivity index (χ2n) is 9.67. The average Bonchev–Trinajstić information content (AvgIpc) is 2.97. The Kier molecular flexibility index (Phi) is 7.20. The lowest BCUT2D eigenvalue weighted by molar-refractivity contribution is 0.0395. The van der Waals surface area contributed by atoms with Crippen molar-refractivity contribution in [3.63, 3.8) is 0 Å². The summed E-state index contributed by atoms with van der Waals surface area (Å²) >= 11 is 0. The molecule has 2 N–H and O–H groups in total. The van der Waals surface area contributed by atoms with Crippen LogP contribution in [0.1, 0.15) is 108 Å². The van der Waals surface area contributed by atoms with Gasteiger partial charge in [0.05, 0.1) is 5.84 Å². The second kappa shape index (κ2) is 9.43. The van der Waals surface area contributed by atoms with Crippen molar-refractivity contribution in [2.75, 3.05) is 6.54 Å². The summed E-state index contributed by atoms with van der Waals surface area (Å²) in [6.45, 7) is 7.39. The predicted molar refractivity (Wildman–Crippen MR) is 119 cm³/mol. The summed E-state index contributed by atoms with van der Waals surface area (Å²) in [5, 5.41) is 14.9. The van der Waals surface area contributed by atoms with Crippen molar-refractivity contribution >= 4 is 5.84 Å². The summed E-state index contributed by atoms with van der Waals surface area (Å²) in [5.74, 6) is 0.985. The molecule has 0 amide bonds. The summed E-state index contributed by atoms with van der Waals surface area (Å²) in [5.41, 5.74) is 2.88. The van der Waals surface area contributed by atoms with Crippen LogP contribution >= 0.6 is 0 Å². The topological polar surface area (TPSA) is 44.6 Å². The van der Waals surface area contributed by atoms with Crippen molar-refractivity contribution in [1.29, 1.82) is 0 Å². The van der Waals surface area contributed by atoms with Crippen LogP contribution in [-0.2, 0) is 17.6 Å². The van der Waals surface area contributed by atoms with E-state index in [-0.39, 0.29) is 5.41 Å². The average molecular weight is 385 g/mol. The number of benzene rings is 1. The Balaban J connectivity index is 1.75. The number of aliphatic imine (C=N–C) groups is 1. The molecule has 1 aliphatic heterocycles. The molecule has 0 aromatic heterocycles. The molecule has 1 heterocycles. The van der Waals surface area contributed by atoms with E-state index in [0.717, 1.165) is 50.0 Å². The first-order valence-electron chi connectivity index (χ1n) is 11.6. The van der Waals surface area contributed by atoms with E-state index in [0.29, 0.717) is 0 Å². The van der Waals surface area contributed by atoms with Crippen molar-refractivity contribution in [3.8, 4) is 0 Å². The Morgan fingerprint density at radius 3 is 2.29 bits per heavy atom. The third-order valence-electron chi connectivity index (χ3n) is 6.69. The van der Waals surface area contributed by atoms with Crippen LogP contribution in [0.2, 0.25) is 0 Å². The molecular formula is C25H40N2O. The van der Waals surface area contributed by atoms with Crippen LogP contribution in [0.3, 0.4) is 0 Å². The van der Waals surface area contributed by atoms with E-state index in [2.05, 4.69) is 37.4 Å². The fourth-order valence-electron chi connectivity index (χ4n) is 4.90. The third kappa shape index (κ3) is 5.37. The Labute approximate surface area is 172 Å². The molecule has 2 aliphatic rings. The number of nitrogens with one attached hydrogen (secondary N) is 1. The van der Waals surface area contributed by atoms with Gasteiger partial charge in [-0.05, 0) is 49.1 Å². The second-order valence-corrected chi connectivity index (χ2v) is 9.67. The molecule has 1 atom stereocenters. The van der Waals surface area contributed by atoms with Crippen LogP contribution in [0.25, 0.3) is 0 Å². The molecule has 1 unspecified atom stereocenters. The molecule has 0 fully saturated rings. The molecule has 0 spiro atoms. The smallest absolute Gasteiger partial charge is 0.160 e. The normalized spacial score (nSPS) is 23.4. The van der Waals surface area contributed by atoms with Gasteiger partial charge in [-0.1, -0.05) is 77.0 Å². The Morgan fingerprint density at radius 1 is 0.929 bits per heavy atom. The van der Waals surface area contributed by atoms with Gasteiger partial charge < -0.3 is 10.4 Å². The minimum Gasteiger partial charge on any atom is -0.367 e. The van der Waals surface area contributed by atoms with Gasteiger partial charge in [0.1, 0.15) is 0 Å². The van der Waals surface area contributed by atoms with E-state index in [1.165, 1.54) is 56.1 Å². The molecule has 3 rings (SSSR count). The first-order valence-corrected chi connectivity index (χ1v) is 11.6. The number of amidine groups is 1. The van der Waals surface area contributed by atoms with Crippen LogP contribution in [0, 0.1) is 0 Å². The van der Waals surface area contributed by atoms with Gasteiger partial charge in [-0.2, -0.15) is 0 Å². The number of nitrogens with zero attached hydrogens (tertiary/aromatic N) is 1. The SMILES string of the molecule is CC1(C)CCc2c1cccc2C(C)(O)NC1=NCCCCCCCCCCC1. The van der Waals surface area contributed by atoms with Gasteiger partial charge in [-0.3, -0.25) is 4.99 Å². The van der Waals surface area contributed by atoms with Crippen LogP contribution in [0.5, 0.6) is 0 Å². The van der Waals surface area contributed by atoms with Gasteiger partial charge in [0.25, 0.3) is 0 Å². The maximum Gasteiger partial charge on any atom is 0.160 e. The highest BCUT2D eigenvalue weighted by Crippen LogP contribution is 2.41. The fraction of sp³-hybridized carbons (Fsp3) is 0.720. The van der Waals surface area contributed by atoms with E-state index < -0.39 is 5.72 Å². The zero-order valence-electron chi connectivity index (χ0n) is 18.3. The molecule has 0 saturated heterocycles. The van der Waals surface area contributed by atoms with E-state index in [9.17, 15) is 5.11 Å². The van der Waals surface area contributed by atoms with E-state index in [1.54, 1.807) is 0 Å². The number of hydrogen-bond acceptors (Lipinski definition) is 3. The van der Waals surface area contributed by atoms with Crippen molar-refractivity contribution in [2.24, 2.45) is 4.99 Å². The van der Waals surface area contributed by atoms with Crippen LogP contribution in [0.4, 0.5) is 0 Å². The maximum absolute atomic E-state index is 11.4. The fourth-order valence-corrected chi connectivity index (χ4v) is 4.90. The Morgan fingerprint density at radius 2 is 1.57 bits per heavy atom. The molecule has 28 heavy (non-hydrogen) atoms. The van der Waals surface area contributed by atoms with Gasteiger partial charge in [0.15, 0.2) is 5.72 Å². The zero-order valence-corrected chi connectivity index (χ0v) is 18.3. The number of hydrogen-bond donors (Lipinski definition) is 2. The highest BCUT2D eigenvalue weighted by Gasteiger charge is 2.35. The van der Waals surface area contributed by atoms with E-state index in [1.807, 2.05) is 6.92 Å². The lowest BCUT2D eigenvalue weighted by Gasteiger charge is -2.30. The van der Waals surface area contributed by atoms with Crippen LogP contribution < -0.4 is 5.32 Å². The number of fused-ring (bicyclic) bond motifs is 1. The first kappa shape index (κ1) is 21.4. The molecule has 1 aromatic carbocycles. The Bertz CT molecular complexity index is 675. The lowest BCUT2D eigenvalue weighted by Crippen LogP contribution is -2.44. The lowest BCUT2D eigenvalue weighted by atomic mass is 9.85. The third-order valence-corrected chi connectivity index (χ3v) is 6.69. The monoisotopic (exact) mass is 384 g/mol. The summed E-state index contributed by atoms with van der Waals surface area (Å²) in [4.78, 5) is 4.87. The molecule has 3 heteroatoms. The van der Waals surface area contributed by atoms with Crippen molar-refractivity contribution in [1.82, 2.24) is 5.32 Å². The van der Waals surface area contributed by atoms with Crippen molar-refractivity contribution < 1.29 is 5.11 Å². The molecule has 0 bridgehead atoms. The molecule has 1 aromatic rings. The van der Waals surface area contributed by atoms with Gasteiger partial charge in [0.2, 0.25) is 0 Å². The summed E-state index contributed by atoms with van der Waals surface area (Å²) in [6, 6.07) is 6.43. The highest BCUT2D eigenvalue weighted by molar-refractivity contribution is 5.83. The Hall–Kier alpha value is -1.35. The minimum atomic E-state index is -1.07. The quantitative estimate of drug-likeness (QED) is 0.616. The molecule has 0 saturated carbocycles. The van der Waals surface area contributed by atoms with E-state index in [4.69, 9.17) is 4.99 Å². The van der Waals surface area contributed by atoms with Crippen molar-refractivity contribution in [3.05, 3.63) is 34.9 Å². The van der Waals surface area contributed by atoms with Gasteiger partial charge >= 0.3 is 0 Å². The van der Waals surface area contributed by atoms with Gasteiger partial charge in [-0.25, -0.2) is 0 Å². The highest BCUT2D eigenvalue weighted by atomic mass is 16.3. The first-order chi connectivity index (χ1) is 13.4. The largest absolute Gasteiger partial charge is 0.367 e. The summed E-state index contributed by atoms with van der Waals surface area (Å²) in [6.07, 6.45) is 14.8. The van der Waals surface area contributed by atoms with Crippen LogP contribution in [0.15, 0.2) is 23.2 Å². The summed E-state index contributed by atoms with van der Waals surface area (Å²) < 4.78 is 0. The molecule has 3 nitrogen and oxygen atoms in total. The maximum atomic E-state index is 11.4. The zero-order chi connectivity index (χ0) is 20.0. The minimum absolute atomic E-state index is 0.199. The van der Waals surface area contributed by atoms with Crippen molar-refractivity contribution in [2.45, 2.75) is 109 Å². The van der Waals surface area contributed by atoms with Gasteiger partial charge in [-0.15, -0.1) is 0 Å². The predicted octanol–water partition coefficient (Wildman–Crippen LogP) is 5.98. The standard InChI is InChI=1S/C25H40N2O/c1-24(2)18-17-20-21(24)14-13-15-22(20)25(3,28)27-23-16-11-9-7-5-4-6-8-10-12-19-26-23/h13-15,28H,4-12,16-19H2,1-3H3,(H,26,27). The number of aliphatic hydroxyl groups is 1. The molecule has 156 valence electrons. The van der Waals surface area contributed by atoms with Crippen LogP contribution in [-0.4, -0.2) is 17.5 Å². The van der Waals surface area contributed by atoms with Gasteiger partial charge in [0, 0.05) is 18.5 Å². The summed E-state index contributed by atoms with van der Waals surface area (Å²) in [7, 11) is 0. The van der Waals surface area contributed by atoms with E-state index >= 15 is 0 Å². The number of rotatable bonds is 2. The molecule has 1 aliphatic carbocycles. The molecular weight excluding hydrogens is 344 g/mol. The molecule has 0 radical (unpaired) electrons.